The molecular weight excluding hydrogens is 308 g/mol. The third kappa shape index (κ3) is 4.73. The van der Waals surface area contributed by atoms with Gasteiger partial charge in [0.2, 0.25) is 5.91 Å². The predicted octanol–water partition coefficient (Wildman–Crippen LogP) is 3.10. The second-order valence-electron chi connectivity index (χ2n) is 5.73. The molecule has 1 heterocycles. The van der Waals surface area contributed by atoms with Crippen LogP contribution in [-0.4, -0.2) is 16.1 Å². The van der Waals surface area contributed by atoms with Crippen LogP contribution in [0.2, 0.25) is 0 Å². The van der Waals surface area contributed by atoms with E-state index in [1.165, 1.54) is 17.3 Å². The minimum Gasteiger partial charge on any atom is -0.351 e. The molecule has 0 saturated carbocycles. The molecule has 23 heavy (non-hydrogen) atoms. The van der Waals surface area contributed by atoms with Crippen molar-refractivity contribution in [3.63, 3.8) is 0 Å². The number of thioether (sulfide) groups is 1. The number of aromatic nitrogens is 1. The number of H-pyrrole nitrogens is 1. The highest BCUT2D eigenvalue weighted by Gasteiger charge is 2.15. The number of carbonyl (C=O) groups is 1. The highest BCUT2D eigenvalue weighted by molar-refractivity contribution is 8.00. The van der Waals surface area contributed by atoms with Gasteiger partial charge in [-0.05, 0) is 51.5 Å². The summed E-state index contributed by atoms with van der Waals surface area (Å²) in [7, 11) is 0. The fourth-order valence-electron chi connectivity index (χ4n) is 2.29. The van der Waals surface area contributed by atoms with E-state index in [0.717, 1.165) is 16.2 Å². The predicted molar refractivity (Wildman–Crippen MR) is 94.9 cm³/mol. The number of nitrogens with one attached hydrogen (secondary N) is 2. The van der Waals surface area contributed by atoms with Gasteiger partial charge in [0.1, 0.15) is 0 Å². The van der Waals surface area contributed by atoms with Gasteiger partial charge in [-0.3, -0.25) is 9.59 Å². The van der Waals surface area contributed by atoms with Gasteiger partial charge < -0.3 is 10.3 Å². The van der Waals surface area contributed by atoms with Gasteiger partial charge in [-0.25, -0.2) is 0 Å². The van der Waals surface area contributed by atoms with Crippen LogP contribution < -0.4 is 10.9 Å². The zero-order valence-electron chi connectivity index (χ0n) is 13.9. The molecular formula is C18H22N2O2S. The van der Waals surface area contributed by atoms with Crippen molar-refractivity contribution in [1.29, 1.82) is 0 Å². The molecule has 122 valence electrons. The van der Waals surface area contributed by atoms with Crippen LogP contribution in [-0.2, 0) is 11.3 Å². The molecule has 0 spiro atoms. The zero-order chi connectivity index (χ0) is 17.0. The molecule has 0 aliphatic carbocycles. The highest BCUT2D eigenvalue weighted by atomic mass is 32.2. The van der Waals surface area contributed by atoms with Gasteiger partial charge in [-0.1, -0.05) is 17.7 Å². The van der Waals surface area contributed by atoms with Crippen molar-refractivity contribution in [2.45, 2.75) is 44.4 Å². The maximum absolute atomic E-state index is 12.2. The van der Waals surface area contributed by atoms with E-state index in [-0.39, 0.29) is 23.3 Å². The van der Waals surface area contributed by atoms with Crippen molar-refractivity contribution in [3.8, 4) is 0 Å². The van der Waals surface area contributed by atoms with Crippen LogP contribution in [0.4, 0.5) is 0 Å². The van der Waals surface area contributed by atoms with Gasteiger partial charge in [0, 0.05) is 22.7 Å². The molecule has 0 radical (unpaired) electrons. The average Bonchev–Trinajstić information content (AvgIpc) is 2.48. The Morgan fingerprint density at radius 3 is 2.48 bits per heavy atom. The second kappa shape index (κ2) is 7.51. The van der Waals surface area contributed by atoms with Crippen LogP contribution in [0, 0.1) is 20.8 Å². The first kappa shape index (κ1) is 17.3. The number of rotatable bonds is 5. The molecule has 0 fully saturated rings. The van der Waals surface area contributed by atoms with E-state index in [1.54, 1.807) is 0 Å². The lowest BCUT2D eigenvalue weighted by molar-refractivity contribution is -0.120. The Morgan fingerprint density at radius 1 is 1.22 bits per heavy atom. The minimum absolute atomic E-state index is 0.0741. The van der Waals surface area contributed by atoms with E-state index in [0.29, 0.717) is 5.56 Å². The Hall–Kier alpha value is -2.01. The van der Waals surface area contributed by atoms with Crippen LogP contribution >= 0.6 is 11.8 Å². The van der Waals surface area contributed by atoms with Crippen LogP contribution in [0.5, 0.6) is 0 Å². The molecule has 4 nitrogen and oxygen atoms in total. The molecule has 1 aromatic carbocycles. The van der Waals surface area contributed by atoms with Gasteiger partial charge >= 0.3 is 0 Å². The fourth-order valence-corrected chi connectivity index (χ4v) is 3.19. The third-order valence-electron chi connectivity index (χ3n) is 3.64. The third-order valence-corrected chi connectivity index (χ3v) is 4.75. The highest BCUT2D eigenvalue weighted by Crippen LogP contribution is 2.23. The number of aromatic amines is 1. The number of amides is 1. The molecule has 1 unspecified atom stereocenters. The summed E-state index contributed by atoms with van der Waals surface area (Å²) in [6.45, 7) is 7.88. The number of hydrogen-bond acceptors (Lipinski definition) is 3. The summed E-state index contributed by atoms with van der Waals surface area (Å²) in [6, 6.07) is 9.99. The Kier molecular flexibility index (Phi) is 5.66. The topological polar surface area (TPSA) is 62.0 Å². The summed E-state index contributed by atoms with van der Waals surface area (Å²) in [5.41, 5.74) is 3.38. The van der Waals surface area contributed by atoms with Crippen molar-refractivity contribution < 1.29 is 4.79 Å². The second-order valence-corrected chi connectivity index (χ2v) is 7.15. The molecule has 1 atom stereocenters. The first-order valence-corrected chi connectivity index (χ1v) is 8.45. The van der Waals surface area contributed by atoms with Crippen molar-refractivity contribution >= 4 is 17.7 Å². The molecule has 2 N–H and O–H groups in total. The first-order valence-electron chi connectivity index (χ1n) is 7.57. The summed E-state index contributed by atoms with van der Waals surface area (Å²) < 4.78 is 0. The normalized spacial score (nSPS) is 12.0. The van der Waals surface area contributed by atoms with Gasteiger partial charge in [0.05, 0.1) is 5.25 Å². The molecule has 2 aromatic rings. The Bertz CT molecular complexity index is 751. The number of aryl methyl sites for hydroxylation is 3. The number of benzene rings is 1. The Balaban J connectivity index is 1.97. The Morgan fingerprint density at radius 2 is 1.87 bits per heavy atom. The monoisotopic (exact) mass is 330 g/mol. The lowest BCUT2D eigenvalue weighted by Gasteiger charge is -2.13. The van der Waals surface area contributed by atoms with Crippen LogP contribution in [0.1, 0.15) is 29.3 Å². The fraction of sp³-hybridized carbons (Fsp3) is 0.333. The van der Waals surface area contributed by atoms with E-state index in [4.69, 9.17) is 0 Å². The first-order chi connectivity index (χ1) is 10.9. The average molecular weight is 330 g/mol. The van der Waals surface area contributed by atoms with Crippen molar-refractivity contribution in [1.82, 2.24) is 10.3 Å². The zero-order valence-corrected chi connectivity index (χ0v) is 14.7. The van der Waals surface area contributed by atoms with E-state index < -0.39 is 0 Å². The molecule has 2 rings (SSSR count). The molecule has 5 heteroatoms. The summed E-state index contributed by atoms with van der Waals surface area (Å²) in [4.78, 5) is 28.0. The van der Waals surface area contributed by atoms with Crippen molar-refractivity contribution in [2.24, 2.45) is 0 Å². The van der Waals surface area contributed by atoms with Gasteiger partial charge in [0.25, 0.3) is 5.56 Å². The summed E-state index contributed by atoms with van der Waals surface area (Å²) in [5.74, 6) is -0.0741. The maximum atomic E-state index is 12.2. The molecule has 0 aliphatic heterocycles. The summed E-state index contributed by atoms with van der Waals surface area (Å²) >= 11 is 1.51. The van der Waals surface area contributed by atoms with Crippen LogP contribution in [0.15, 0.2) is 40.0 Å². The van der Waals surface area contributed by atoms with Gasteiger partial charge in [-0.15, -0.1) is 11.8 Å². The lowest BCUT2D eigenvalue weighted by atomic mass is 10.1. The number of hydrogen-bond donors (Lipinski definition) is 2. The molecule has 1 aromatic heterocycles. The standard InChI is InChI=1S/C18H22N2O2S/c1-11-5-7-15(8-6-11)23-14(4)17(21)19-10-16-12(2)9-13(3)20-18(16)22/h5-9,14H,10H2,1-4H3,(H,19,21)(H,20,22). The van der Waals surface area contributed by atoms with E-state index >= 15 is 0 Å². The maximum Gasteiger partial charge on any atom is 0.253 e. The number of carbonyl (C=O) groups excluding carboxylic acids is 1. The molecule has 1 amide bonds. The smallest absolute Gasteiger partial charge is 0.253 e. The van der Waals surface area contributed by atoms with Crippen LogP contribution in [0.3, 0.4) is 0 Å². The minimum atomic E-state index is -0.220. The quantitative estimate of drug-likeness (QED) is 0.828. The lowest BCUT2D eigenvalue weighted by Crippen LogP contribution is -2.33. The molecule has 0 saturated heterocycles. The van der Waals surface area contributed by atoms with E-state index in [9.17, 15) is 9.59 Å². The number of pyridine rings is 1. The molecule has 0 aliphatic rings. The SMILES string of the molecule is Cc1ccc(SC(C)C(=O)NCc2c(C)cc(C)[nH]c2=O)cc1. The molecule has 0 bridgehead atoms. The van der Waals surface area contributed by atoms with Crippen molar-refractivity contribution in [3.05, 3.63) is 63.1 Å². The summed E-state index contributed by atoms with van der Waals surface area (Å²) in [6.07, 6.45) is 0. The van der Waals surface area contributed by atoms with E-state index in [2.05, 4.69) is 10.3 Å². The van der Waals surface area contributed by atoms with Crippen molar-refractivity contribution in [2.75, 3.05) is 0 Å². The summed E-state index contributed by atoms with van der Waals surface area (Å²) in [5, 5.41) is 2.63. The van der Waals surface area contributed by atoms with Gasteiger partial charge in [-0.2, -0.15) is 0 Å². The van der Waals surface area contributed by atoms with E-state index in [1.807, 2.05) is 58.0 Å². The van der Waals surface area contributed by atoms with Gasteiger partial charge in [0.15, 0.2) is 0 Å². The van der Waals surface area contributed by atoms with Crippen LogP contribution in [0.25, 0.3) is 0 Å². The largest absolute Gasteiger partial charge is 0.351 e. The Labute approximate surface area is 140 Å².